The van der Waals surface area contributed by atoms with Gasteiger partial charge in [-0.05, 0) is 0 Å². The van der Waals surface area contributed by atoms with Crippen molar-refractivity contribution >= 4 is 0 Å². The molecule has 2 atom stereocenters. The zero-order valence-electron chi connectivity index (χ0n) is 4.00. The molecule has 40 valence electrons. The van der Waals surface area contributed by atoms with Gasteiger partial charge in [-0.25, -0.2) is 0 Å². The third-order valence-corrected chi connectivity index (χ3v) is 0.982. The SMILES string of the molecule is C=C[C@H](O)C1CO1. The van der Waals surface area contributed by atoms with E-state index in [0.29, 0.717) is 6.61 Å². The second kappa shape index (κ2) is 1.64. The van der Waals surface area contributed by atoms with Gasteiger partial charge in [0, 0.05) is 0 Å². The summed E-state index contributed by atoms with van der Waals surface area (Å²) in [5.41, 5.74) is 0. The quantitative estimate of drug-likeness (QED) is 0.389. The van der Waals surface area contributed by atoms with Crippen molar-refractivity contribution < 1.29 is 9.84 Å². The molecule has 1 heterocycles. The summed E-state index contributed by atoms with van der Waals surface area (Å²) in [5, 5.41) is 8.75. The van der Waals surface area contributed by atoms with Crippen LogP contribution in [0.5, 0.6) is 0 Å². The first kappa shape index (κ1) is 4.81. The van der Waals surface area contributed by atoms with E-state index in [1.165, 1.54) is 6.08 Å². The maximum atomic E-state index is 8.75. The van der Waals surface area contributed by atoms with Crippen molar-refractivity contribution in [1.29, 1.82) is 0 Å². The molecule has 0 aliphatic carbocycles. The molecule has 1 unspecified atom stereocenters. The highest BCUT2D eigenvalue weighted by atomic mass is 16.6. The molecule has 0 bridgehead atoms. The smallest absolute Gasteiger partial charge is 0.110 e. The topological polar surface area (TPSA) is 32.8 Å². The van der Waals surface area contributed by atoms with Crippen LogP contribution in [0.3, 0.4) is 0 Å². The predicted molar refractivity (Wildman–Crippen MR) is 25.9 cm³/mol. The monoisotopic (exact) mass is 100 g/mol. The van der Waals surface area contributed by atoms with Gasteiger partial charge in [0.15, 0.2) is 0 Å². The Morgan fingerprint density at radius 3 is 2.71 bits per heavy atom. The highest BCUT2D eigenvalue weighted by Crippen LogP contribution is 2.13. The molecule has 0 aromatic rings. The number of hydrogen-bond acceptors (Lipinski definition) is 2. The molecule has 1 rings (SSSR count). The molecule has 0 saturated carbocycles. The number of ether oxygens (including phenoxy) is 1. The van der Waals surface area contributed by atoms with Gasteiger partial charge in [-0.15, -0.1) is 6.58 Å². The molecule has 7 heavy (non-hydrogen) atoms. The summed E-state index contributed by atoms with van der Waals surface area (Å²) >= 11 is 0. The summed E-state index contributed by atoms with van der Waals surface area (Å²) in [7, 11) is 0. The molecule has 0 radical (unpaired) electrons. The van der Waals surface area contributed by atoms with Gasteiger partial charge in [-0.3, -0.25) is 0 Å². The van der Waals surface area contributed by atoms with Crippen molar-refractivity contribution in [3.8, 4) is 0 Å². The average molecular weight is 100 g/mol. The van der Waals surface area contributed by atoms with Gasteiger partial charge in [-0.1, -0.05) is 6.08 Å². The molecule has 1 saturated heterocycles. The normalized spacial score (nSPS) is 31.9. The molecule has 2 heteroatoms. The van der Waals surface area contributed by atoms with Crippen LogP contribution < -0.4 is 0 Å². The van der Waals surface area contributed by atoms with E-state index in [0.717, 1.165) is 0 Å². The van der Waals surface area contributed by atoms with E-state index < -0.39 is 6.10 Å². The Morgan fingerprint density at radius 1 is 2.00 bits per heavy atom. The molecular weight excluding hydrogens is 92.1 g/mol. The third-order valence-electron chi connectivity index (χ3n) is 0.982. The van der Waals surface area contributed by atoms with Gasteiger partial charge >= 0.3 is 0 Å². The summed E-state index contributed by atoms with van der Waals surface area (Å²) in [6, 6.07) is 0. The second-order valence-electron chi connectivity index (χ2n) is 1.60. The van der Waals surface area contributed by atoms with Crippen molar-refractivity contribution in [2.24, 2.45) is 0 Å². The van der Waals surface area contributed by atoms with Gasteiger partial charge in [0.25, 0.3) is 0 Å². The van der Waals surface area contributed by atoms with Gasteiger partial charge in [0.05, 0.1) is 6.61 Å². The van der Waals surface area contributed by atoms with Crippen LogP contribution in [-0.2, 0) is 4.74 Å². The first-order chi connectivity index (χ1) is 3.34. The predicted octanol–water partition coefficient (Wildman–Crippen LogP) is -0.0679. The summed E-state index contributed by atoms with van der Waals surface area (Å²) in [6.07, 6.45) is 1.09. The minimum absolute atomic E-state index is 0.0532. The fraction of sp³-hybridized carbons (Fsp3) is 0.600. The minimum atomic E-state index is -0.444. The Bertz CT molecular complexity index is 76.1. The van der Waals surface area contributed by atoms with Crippen LogP contribution in [0.25, 0.3) is 0 Å². The lowest BCUT2D eigenvalue weighted by Gasteiger charge is -1.93. The van der Waals surface area contributed by atoms with Crippen molar-refractivity contribution in [2.75, 3.05) is 6.61 Å². The van der Waals surface area contributed by atoms with E-state index in [4.69, 9.17) is 9.84 Å². The van der Waals surface area contributed by atoms with Crippen molar-refractivity contribution in [3.63, 3.8) is 0 Å². The lowest BCUT2D eigenvalue weighted by atomic mass is 10.3. The van der Waals surface area contributed by atoms with Crippen molar-refractivity contribution in [2.45, 2.75) is 12.2 Å². The van der Waals surface area contributed by atoms with Crippen LogP contribution in [0, 0.1) is 0 Å². The number of hydrogen-bond donors (Lipinski definition) is 1. The molecule has 0 aromatic heterocycles. The van der Waals surface area contributed by atoms with E-state index in [1.54, 1.807) is 0 Å². The fourth-order valence-electron chi connectivity index (χ4n) is 0.405. The van der Waals surface area contributed by atoms with Crippen LogP contribution in [0.2, 0.25) is 0 Å². The summed E-state index contributed by atoms with van der Waals surface area (Å²) in [6.45, 7) is 4.08. The zero-order chi connectivity index (χ0) is 5.28. The number of aliphatic hydroxyl groups excluding tert-OH is 1. The lowest BCUT2D eigenvalue weighted by molar-refractivity contribution is 0.178. The average Bonchev–Trinajstić information content (AvgIpc) is 2.44. The van der Waals surface area contributed by atoms with Gasteiger partial charge < -0.3 is 9.84 Å². The van der Waals surface area contributed by atoms with Crippen LogP contribution in [0.4, 0.5) is 0 Å². The molecule has 2 nitrogen and oxygen atoms in total. The third kappa shape index (κ3) is 1.01. The largest absolute Gasteiger partial charge is 0.386 e. The van der Waals surface area contributed by atoms with Crippen LogP contribution in [0.1, 0.15) is 0 Å². The van der Waals surface area contributed by atoms with Crippen molar-refractivity contribution in [1.82, 2.24) is 0 Å². The second-order valence-corrected chi connectivity index (χ2v) is 1.60. The Labute approximate surface area is 42.4 Å². The van der Waals surface area contributed by atoms with E-state index in [1.807, 2.05) is 0 Å². The number of epoxide rings is 1. The number of rotatable bonds is 2. The van der Waals surface area contributed by atoms with E-state index in [9.17, 15) is 0 Å². The summed E-state index contributed by atoms with van der Waals surface area (Å²) in [5.74, 6) is 0. The first-order valence-electron chi connectivity index (χ1n) is 2.27. The maximum Gasteiger partial charge on any atom is 0.110 e. The lowest BCUT2D eigenvalue weighted by Crippen LogP contribution is -2.09. The Hall–Kier alpha value is -0.340. The van der Waals surface area contributed by atoms with E-state index in [-0.39, 0.29) is 6.10 Å². The number of aliphatic hydroxyl groups is 1. The molecule has 1 aliphatic rings. The summed E-state index contributed by atoms with van der Waals surface area (Å²) < 4.78 is 4.74. The molecule has 1 fully saturated rings. The van der Waals surface area contributed by atoms with E-state index >= 15 is 0 Å². The highest BCUT2D eigenvalue weighted by molar-refractivity contribution is 4.90. The fourth-order valence-corrected chi connectivity index (χ4v) is 0.405. The highest BCUT2D eigenvalue weighted by Gasteiger charge is 2.28. The minimum Gasteiger partial charge on any atom is -0.386 e. The maximum absolute atomic E-state index is 8.75. The van der Waals surface area contributed by atoms with Gasteiger partial charge in [0.2, 0.25) is 0 Å². The zero-order valence-corrected chi connectivity index (χ0v) is 4.00. The Morgan fingerprint density at radius 2 is 2.57 bits per heavy atom. The summed E-state index contributed by atoms with van der Waals surface area (Å²) in [4.78, 5) is 0. The van der Waals surface area contributed by atoms with Gasteiger partial charge in [-0.2, -0.15) is 0 Å². The Kier molecular flexibility index (Phi) is 1.13. The van der Waals surface area contributed by atoms with E-state index in [2.05, 4.69) is 6.58 Å². The van der Waals surface area contributed by atoms with Crippen LogP contribution in [-0.4, -0.2) is 23.9 Å². The van der Waals surface area contributed by atoms with Crippen LogP contribution in [0.15, 0.2) is 12.7 Å². The molecule has 1 N–H and O–H groups in total. The molecule has 0 amide bonds. The molecular formula is C5H8O2. The standard InChI is InChI=1S/C5H8O2/c1-2-4(6)5-3-7-5/h2,4-6H,1,3H2/t4-,5?/m0/s1. The van der Waals surface area contributed by atoms with Crippen molar-refractivity contribution in [3.05, 3.63) is 12.7 Å². The molecule has 0 aromatic carbocycles. The van der Waals surface area contributed by atoms with Crippen LogP contribution >= 0.6 is 0 Å². The van der Waals surface area contributed by atoms with Gasteiger partial charge in [0.1, 0.15) is 12.2 Å². The molecule has 1 aliphatic heterocycles. The molecule has 0 spiro atoms. The Balaban J connectivity index is 2.22. The first-order valence-corrected chi connectivity index (χ1v) is 2.27.